The molecule has 0 radical (unpaired) electrons. The molecule has 30 heavy (non-hydrogen) atoms. The molecule has 2 amide bonds. The van der Waals surface area contributed by atoms with Gasteiger partial charge in [0.05, 0.1) is 0 Å². The summed E-state index contributed by atoms with van der Waals surface area (Å²) in [6.07, 6.45) is -1.83. The molecule has 0 spiro atoms. The van der Waals surface area contributed by atoms with E-state index in [0.29, 0.717) is 38.6 Å². The number of hydrogen-bond acceptors (Lipinski definition) is 4. The zero-order valence-corrected chi connectivity index (χ0v) is 17.9. The molecule has 1 atom stereocenters. The summed E-state index contributed by atoms with van der Waals surface area (Å²) < 4.78 is 39.0. The predicted molar refractivity (Wildman–Crippen MR) is 111 cm³/mol. The first-order chi connectivity index (χ1) is 14.2. The predicted octanol–water partition coefficient (Wildman–Crippen LogP) is 2.91. The van der Waals surface area contributed by atoms with Crippen molar-refractivity contribution in [2.75, 3.05) is 38.2 Å². The van der Waals surface area contributed by atoms with Gasteiger partial charge in [-0.15, -0.1) is 0 Å². The van der Waals surface area contributed by atoms with Crippen LogP contribution >= 0.6 is 11.8 Å². The quantitative estimate of drug-likeness (QED) is 0.735. The molecule has 2 aliphatic rings. The second-order valence-corrected chi connectivity index (χ2v) is 9.07. The molecule has 166 valence electrons. The SMILES string of the molecule is CSC[C@@H]1CCN(C(=O)C2(NC(=O)C(F)(F)F)CCN(Cc3ccccc3)CC2)C1. The van der Waals surface area contributed by atoms with E-state index >= 15 is 0 Å². The first-order valence-corrected chi connectivity index (χ1v) is 11.6. The fourth-order valence-corrected chi connectivity index (χ4v) is 5.05. The number of benzene rings is 1. The molecule has 0 aliphatic carbocycles. The molecule has 1 aromatic rings. The number of nitrogens with zero attached hydrogens (tertiary/aromatic N) is 2. The highest BCUT2D eigenvalue weighted by Gasteiger charge is 2.50. The van der Waals surface area contributed by atoms with Crippen molar-refractivity contribution in [2.45, 2.75) is 37.5 Å². The first kappa shape index (κ1) is 22.9. The fourth-order valence-electron chi connectivity index (χ4n) is 4.31. The highest BCUT2D eigenvalue weighted by molar-refractivity contribution is 7.98. The normalized spacial score (nSPS) is 22.1. The number of nitrogens with one attached hydrogen (secondary N) is 1. The lowest BCUT2D eigenvalue weighted by molar-refractivity contribution is -0.178. The molecule has 2 fully saturated rings. The number of alkyl halides is 3. The van der Waals surface area contributed by atoms with Crippen LogP contribution in [0.2, 0.25) is 0 Å². The van der Waals surface area contributed by atoms with Gasteiger partial charge in [-0.25, -0.2) is 0 Å². The molecule has 0 unspecified atom stereocenters. The third kappa shape index (κ3) is 5.49. The maximum Gasteiger partial charge on any atom is 0.471 e. The second-order valence-electron chi connectivity index (χ2n) is 8.16. The number of likely N-dealkylation sites (tertiary alicyclic amines) is 2. The summed E-state index contributed by atoms with van der Waals surface area (Å²) >= 11 is 1.70. The molecule has 1 aromatic carbocycles. The van der Waals surface area contributed by atoms with Gasteiger partial charge >= 0.3 is 12.1 Å². The van der Waals surface area contributed by atoms with Crippen molar-refractivity contribution in [3.8, 4) is 0 Å². The molecule has 5 nitrogen and oxygen atoms in total. The molecule has 1 N–H and O–H groups in total. The fraction of sp³-hybridized carbons (Fsp3) is 0.619. The summed E-state index contributed by atoms with van der Waals surface area (Å²) in [7, 11) is 0. The van der Waals surface area contributed by atoms with Gasteiger partial charge in [0.2, 0.25) is 5.91 Å². The lowest BCUT2D eigenvalue weighted by atomic mass is 9.85. The van der Waals surface area contributed by atoms with Gasteiger partial charge in [0.1, 0.15) is 5.54 Å². The van der Waals surface area contributed by atoms with Gasteiger partial charge in [-0.1, -0.05) is 30.3 Å². The van der Waals surface area contributed by atoms with Gasteiger partial charge in [0.15, 0.2) is 0 Å². The van der Waals surface area contributed by atoms with Crippen molar-refractivity contribution < 1.29 is 22.8 Å². The van der Waals surface area contributed by atoms with Gasteiger partial charge in [-0.2, -0.15) is 24.9 Å². The average molecular weight is 444 g/mol. The molecule has 3 rings (SSSR count). The Morgan fingerprint density at radius 2 is 1.83 bits per heavy atom. The maximum atomic E-state index is 13.3. The number of thioether (sulfide) groups is 1. The Morgan fingerprint density at radius 1 is 1.17 bits per heavy atom. The number of piperidine rings is 1. The van der Waals surface area contributed by atoms with Crippen molar-refractivity contribution in [1.29, 1.82) is 0 Å². The number of amides is 2. The highest BCUT2D eigenvalue weighted by Crippen LogP contribution is 2.30. The molecule has 9 heteroatoms. The third-order valence-corrected chi connectivity index (χ3v) is 6.76. The van der Waals surface area contributed by atoms with Crippen LogP contribution in [-0.4, -0.2) is 71.5 Å². The Labute approximate surface area is 179 Å². The van der Waals surface area contributed by atoms with E-state index < -0.39 is 17.6 Å². The van der Waals surface area contributed by atoms with Gasteiger partial charge in [-0.3, -0.25) is 14.5 Å². The molecule has 0 bridgehead atoms. The minimum atomic E-state index is -5.01. The van der Waals surface area contributed by atoms with Crippen molar-refractivity contribution in [2.24, 2.45) is 5.92 Å². The van der Waals surface area contributed by atoms with E-state index in [9.17, 15) is 22.8 Å². The highest BCUT2D eigenvalue weighted by atomic mass is 32.2. The minimum absolute atomic E-state index is 0.171. The standard InChI is InChI=1S/C21H28F3N3O2S/c1-30-15-17-7-10-27(14-17)19(29)20(25-18(28)21(22,23)24)8-11-26(12-9-20)13-16-5-3-2-4-6-16/h2-6,17H,7-15H2,1H3,(H,25,28)/t17-/m1/s1. The Hall–Kier alpha value is -1.74. The van der Waals surface area contributed by atoms with Crippen LogP contribution in [0, 0.1) is 5.92 Å². The number of carbonyl (C=O) groups excluding carboxylic acids is 2. The summed E-state index contributed by atoms with van der Waals surface area (Å²) in [5.74, 6) is -1.15. The van der Waals surface area contributed by atoms with Crippen molar-refractivity contribution in [3.63, 3.8) is 0 Å². The van der Waals surface area contributed by atoms with Crippen LogP contribution in [0.4, 0.5) is 13.2 Å². The Morgan fingerprint density at radius 3 is 2.43 bits per heavy atom. The summed E-state index contributed by atoms with van der Waals surface area (Å²) in [6.45, 7) is 2.62. The van der Waals surface area contributed by atoms with Crippen molar-refractivity contribution in [1.82, 2.24) is 15.1 Å². The van der Waals surface area contributed by atoms with E-state index in [2.05, 4.69) is 10.2 Å². The average Bonchev–Trinajstić information content (AvgIpc) is 3.18. The van der Waals surface area contributed by atoms with Crippen LogP contribution in [-0.2, 0) is 16.1 Å². The topological polar surface area (TPSA) is 52.7 Å². The number of halogens is 3. The van der Waals surface area contributed by atoms with E-state index in [0.717, 1.165) is 17.7 Å². The number of carbonyl (C=O) groups is 2. The first-order valence-electron chi connectivity index (χ1n) is 10.2. The summed E-state index contributed by atoms with van der Waals surface area (Å²) in [5.41, 5.74) is -0.385. The van der Waals surface area contributed by atoms with Gasteiger partial charge in [-0.05, 0) is 42.8 Å². The Kier molecular flexibility index (Phi) is 7.34. The van der Waals surface area contributed by atoms with E-state index in [-0.39, 0.29) is 18.7 Å². The number of rotatable bonds is 6. The maximum absolute atomic E-state index is 13.3. The second kappa shape index (κ2) is 9.60. The van der Waals surface area contributed by atoms with E-state index in [1.165, 1.54) is 0 Å². The largest absolute Gasteiger partial charge is 0.471 e. The molecule has 0 saturated carbocycles. The lowest BCUT2D eigenvalue weighted by Crippen LogP contribution is -2.65. The summed E-state index contributed by atoms with van der Waals surface area (Å²) in [6, 6.07) is 9.80. The lowest BCUT2D eigenvalue weighted by Gasteiger charge is -2.43. The van der Waals surface area contributed by atoms with Crippen LogP contribution in [0.3, 0.4) is 0 Å². The van der Waals surface area contributed by atoms with Crippen LogP contribution < -0.4 is 5.32 Å². The van der Waals surface area contributed by atoms with Crippen LogP contribution in [0.15, 0.2) is 30.3 Å². The van der Waals surface area contributed by atoms with Gasteiger partial charge in [0.25, 0.3) is 0 Å². The van der Waals surface area contributed by atoms with Crippen molar-refractivity contribution >= 4 is 23.6 Å². The van der Waals surface area contributed by atoms with E-state index in [1.54, 1.807) is 16.7 Å². The third-order valence-electron chi connectivity index (χ3n) is 5.95. The zero-order valence-electron chi connectivity index (χ0n) is 17.1. The van der Waals surface area contributed by atoms with Crippen LogP contribution in [0.25, 0.3) is 0 Å². The summed E-state index contributed by atoms with van der Waals surface area (Å²) in [5, 5.41) is 2.09. The molecule has 2 aliphatic heterocycles. The zero-order chi connectivity index (χ0) is 21.8. The molecular formula is C21H28F3N3O2S. The van der Waals surface area contributed by atoms with Crippen LogP contribution in [0.1, 0.15) is 24.8 Å². The van der Waals surface area contributed by atoms with Crippen LogP contribution in [0.5, 0.6) is 0 Å². The Bertz CT molecular complexity index is 737. The van der Waals surface area contributed by atoms with E-state index in [4.69, 9.17) is 0 Å². The minimum Gasteiger partial charge on any atom is -0.340 e. The van der Waals surface area contributed by atoms with E-state index in [1.807, 2.05) is 36.6 Å². The molecule has 0 aromatic heterocycles. The Balaban J connectivity index is 1.71. The molecular weight excluding hydrogens is 415 g/mol. The smallest absolute Gasteiger partial charge is 0.340 e. The molecule has 2 saturated heterocycles. The number of hydrogen-bond donors (Lipinski definition) is 1. The molecule has 2 heterocycles. The van der Waals surface area contributed by atoms with Crippen molar-refractivity contribution in [3.05, 3.63) is 35.9 Å². The monoisotopic (exact) mass is 443 g/mol. The van der Waals surface area contributed by atoms with Gasteiger partial charge in [0, 0.05) is 32.7 Å². The van der Waals surface area contributed by atoms with Gasteiger partial charge < -0.3 is 10.2 Å². The summed E-state index contributed by atoms with van der Waals surface area (Å²) in [4.78, 5) is 28.8.